The molecule has 1 aliphatic rings. The van der Waals surface area contributed by atoms with Crippen LogP contribution >= 0.6 is 0 Å². The molecule has 1 rings (SSSR count). The van der Waals surface area contributed by atoms with E-state index in [4.69, 9.17) is 23.7 Å². The monoisotopic (exact) mass is 184 g/mol. The molecule has 0 aromatic heterocycles. The molecule has 0 heterocycles. The lowest BCUT2D eigenvalue weighted by atomic mass is 9.76. The van der Waals surface area contributed by atoms with E-state index in [0.29, 0.717) is 12.8 Å². The molecule has 4 unspecified atom stereocenters. The standard InChI is InChI=1S/C10H8N4/c1-13-9-3-7(5-11)8(6-12)4-10(9)14-2/h7-10H,3-4H2. The third-order valence-corrected chi connectivity index (χ3v) is 2.58. The predicted molar refractivity (Wildman–Crippen MR) is 48.2 cm³/mol. The molecule has 1 fully saturated rings. The molecule has 0 aliphatic heterocycles. The van der Waals surface area contributed by atoms with Gasteiger partial charge in [-0.15, -0.1) is 0 Å². The zero-order valence-corrected chi connectivity index (χ0v) is 7.51. The summed E-state index contributed by atoms with van der Waals surface area (Å²) in [6.45, 7) is 13.8. The number of nitrogens with zero attached hydrogens (tertiary/aromatic N) is 4. The summed E-state index contributed by atoms with van der Waals surface area (Å²) in [7, 11) is 0. The maximum atomic E-state index is 8.78. The molecule has 4 atom stereocenters. The fourth-order valence-corrected chi connectivity index (χ4v) is 1.73. The van der Waals surface area contributed by atoms with Crippen LogP contribution in [-0.2, 0) is 0 Å². The summed E-state index contributed by atoms with van der Waals surface area (Å²) >= 11 is 0. The second-order valence-corrected chi connectivity index (χ2v) is 3.34. The van der Waals surface area contributed by atoms with E-state index in [1.54, 1.807) is 0 Å². The molecular formula is C10H8N4. The average molecular weight is 184 g/mol. The highest BCUT2D eigenvalue weighted by atomic mass is 14.9. The van der Waals surface area contributed by atoms with E-state index in [2.05, 4.69) is 9.69 Å². The Kier molecular flexibility index (Phi) is 3.06. The van der Waals surface area contributed by atoms with Gasteiger partial charge in [-0.25, -0.2) is 13.1 Å². The van der Waals surface area contributed by atoms with Gasteiger partial charge in [-0.3, -0.25) is 0 Å². The predicted octanol–water partition coefficient (Wildman–Crippen LogP) is 1.64. The summed E-state index contributed by atoms with van der Waals surface area (Å²) in [6, 6.07) is 3.29. The topological polar surface area (TPSA) is 56.3 Å². The number of hydrogen-bond acceptors (Lipinski definition) is 2. The van der Waals surface area contributed by atoms with Gasteiger partial charge in [-0.2, -0.15) is 10.5 Å². The molecule has 1 saturated carbocycles. The third-order valence-electron chi connectivity index (χ3n) is 2.58. The third kappa shape index (κ3) is 1.66. The van der Waals surface area contributed by atoms with Crippen molar-refractivity contribution in [3.8, 4) is 12.1 Å². The first kappa shape index (κ1) is 10.0. The molecule has 0 aromatic carbocycles. The van der Waals surface area contributed by atoms with E-state index in [-0.39, 0.29) is 11.8 Å². The first-order valence-corrected chi connectivity index (χ1v) is 4.29. The number of hydrogen-bond donors (Lipinski definition) is 0. The fourth-order valence-electron chi connectivity index (χ4n) is 1.73. The van der Waals surface area contributed by atoms with Crippen molar-refractivity contribution in [1.82, 2.24) is 0 Å². The highest BCUT2D eigenvalue weighted by Gasteiger charge is 2.45. The second-order valence-electron chi connectivity index (χ2n) is 3.34. The van der Waals surface area contributed by atoms with Crippen LogP contribution in [0.3, 0.4) is 0 Å². The number of nitriles is 2. The van der Waals surface area contributed by atoms with E-state index in [0.717, 1.165) is 0 Å². The quantitative estimate of drug-likeness (QED) is 0.537. The summed E-state index contributed by atoms with van der Waals surface area (Å²) in [5.41, 5.74) is 0. The molecule has 0 amide bonds. The first-order valence-electron chi connectivity index (χ1n) is 4.29. The van der Waals surface area contributed by atoms with Crippen molar-refractivity contribution in [2.75, 3.05) is 0 Å². The summed E-state index contributed by atoms with van der Waals surface area (Å²) in [4.78, 5) is 6.68. The van der Waals surface area contributed by atoms with Crippen molar-refractivity contribution >= 4 is 0 Å². The lowest BCUT2D eigenvalue weighted by molar-refractivity contribution is 0.326. The molecule has 0 N–H and O–H groups in total. The van der Waals surface area contributed by atoms with Gasteiger partial charge >= 0.3 is 0 Å². The van der Waals surface area contributed by atoms with Crippen LogP contribution in [-0.4, -0.2) is 12.1 Å². The maximum absolute atomic E-state index is 8.78. The fraction of sp³-hybridized carbons (Fsp3) is 0.600. The van der Waals surface area contributed by atoms with E-state index in [9.17, 15) is 0 Å². The Balaban J connectivity index is 2.85. The average Bonchev–Trinajstić information content (AvgIpc) is 2.26. The van der Waals surface area contributed by atoms with Crippen molar-refractivity contribution < 1.29 is 0 Å². The van der Waals surface area contributed by atoms with Gasteiger partial charge in [0.15, 0.2) is 0 Å². The van der Waals surface area contributed by atoms with Crippen molar-refractivity contribution in [1.29, 1.82) is 10.5 Å². The summed E-state index contributed by atoms with van der Waals surface area (Å²) in [5, 5.41) is 17.6. The summed E-state index contributed by atoms with van der Waals surface area (Å²) in [5.74, 6) is -0.755. The molecule has 0 bridgehead atoms. The highest BCUT2D eigenvalue weighted by molar-refractivity contribution is 5.12. The lowest BCUT2D eigenvalue weighted by Gasteiger charge is -2.22. The summed E-state index contributed by atoms with van der Waals surface area (Å²) < 4.78 is 0. The van der Waals surface area contributed by atoms with Gasteiger partial charge < -0.3 is 9.69 Å². The minimum absolute atomic E-state index is 0.366. The van der Waals surface area contributed by atoms with Crippen molar-refractivity contribution in [2.24, 2.45) is 11.8 Å². The Hall–Kier alpha value is -2.04. The van der Waals surface area contributed by atoms with Gasteiger partial charge in [0, 0.05) is 12.8 Å². The Morgan fingerprint density at radius 2 is 1.29 bits per heavy atom. The normalized spacial score (nSPS) is 35.7. The molecule has 1 aliphatic carbocycles. The van der Waals surface area contributed by atoms with E-state index in [1.807, 2.05) is 12.1 Å². The van der Waals surface area contributed by atoms with Gasteiger partial charge in [0.05, 0.1) is 24.0 Å². The van der Waals surface area contributed by atoms with E-state index < -0.39 is 12.1 Å². The van der Waals surface area contributed by atoms with Crippen molar-refractivity contribution in [3.05, 3.63) is 22.8 Å². The molecule has 4 heteroatoms. The molecule has 14 heavy (non-hydrogen) atoms. The van der Waals surface area contributed by atoms with E-state index >= 15 is 0 Å². The van der Waals surface area contributed by atoms with Crippen LogP contribution in [0.4, 0.5) is 0 Å². The Labute approximate surface area is 83.0 Å². The van der Waals surface area contributed by atoms with Crippen LogP contribution in [0.1, 0.15) is 12.8 Å². The zero-order chi connectivity index (χ0) is 10.6. The van der Waals surface area contributed by atoms with Crippen molar-refractivity contribution in [2.45, 2.75) is 24.9 Å². The summed E-state index contributed by atoms with van der Waals surface area (Å²) in [6.07, 6.45) is 0.733. The van der Waals surface area contributed by atoms with Crippen LogP contribution in [0.2, 0.25) is 0 Å². The molecule has 0 aromatic rings. The largest absolute Gasteiger partial charge is 0.305 e. The van der Waals surface area contributed by atoms with Crippen LogP contribution < -0.4 is 0 Å². The van der Waals surface area contributed by atoms with Crippen LogP contribution in [0.25, 0.3) is 9.69 Å². The smallest absolute Gasteiger partial charge is 0.298 e. The SMILES string of the molecule is [C-]#[N+]C1CC(C#N)C(C#N)CC1[N+]#[C-]. The van der Waals surface area contributed by atoms with Gasteiger partial charge in [0.2, 0.25) is 0 Å². The highest BCUT2D eigenvalue weighted by Crippen LogP contribution is 2.33. The van der Waals surface area contributed by atoms with Crippen LogP contribution in [0.5, 0.6) is 0 Å². The molecule has 0 spiro atoms. The molecule has 4 nitrogen and oxygen atoms in total. The minimum atomic E-state index is -0.401. The van der Waals surface area contributed by atoms with Crippen LogP contribution in [0.15, 0.2) is 0 Å². The van der Waals surface area contributed by atoms with Crippen molar-refractivity contribution in [3.63, 3.8) is 0 Å². The molecule has 68 valence electrons. The first-order chi connectivity index (χ1) is 6.76. The molecular weight excluding hydrogens is 176 g/mol. The Morgan fingerprint density at radius 3 is 1.50 bits per heavy atom. The Bertz CT molecular complexity index is 299. The van der Waals surface area contributed by atoms with Gasteiger partial charge in [0.1, 0.15) is 0 Å². The van der Waals surface area contributed by atoms with Gasteiger partial charge in [-0.1, -0.05) is 0 Å². The van der Waals surface area contributed by atoms with Gasteiger partial charge in [-0.05, 0) is 0 Å². The van der Waals surface area contributed by atoms with Crippen LogP contribution in [0, 0.1) is 47.6 Å². The van der Waals surface area contributed by atoms with E-state index in [1.165, 1.54) is 0 Å². The van der Waals surface area contributed by atoms with Gasteiger partial charge in [0.25, 0.3) is 12.1 Å². The molecule has 0 saturated heterocycles. The second kappa shape index (κ2) is 4.27. The molecule has 0 radical (unpaired) electrons. The Morgan fingerprint density at radius 1 is 0.929 bits per heavy atom. The maximum Gasteiger partial charge on any atom is 0.298 e. The zero-order valence-electron chi connectivity index (χ0n) is 7.51. The lowest BCUT2D eigenvalue weighted by Crippen LogP contribution is -2.34. The minimum Gasteiger partial charge on any atom is -0.305 e. The number of rotatable bonds is 0.